The Bertz CT molecular complexity index is 1560. The largest absolute Gasteiger partial charge is 0.394 e. The Balaban J connectivity index is 0.000000165. The van der Waals surface area contributed by atoms with Crippen LogP contribution in [0.25, 0.3) is 22.1 Å². The summed E-state index contributed by atoms with van der Waals surface area (Å²) < 4.78 is 14.2. The second-order valence-corrected chi connectivity index (χ2v) is 10.4. The minimum atomic E-state index is -1.60. The van der Waals surface area contributed by atoms with E-state index < -0.39 is 54.7 Å². The van der Waals surface area contributed by atoms with Crippen LogP contribution in [-0.4, -0.2) is 109 Å². The van der Waals surface area contributed by atoms with Crippen LogP contribution in [0.4, 0.5) is 17.7 Å². The highest BCUT2D eigenvalue weighted by Gasteiger charge is 2.54. The molecule has 41 heavy (non-hydrogen) atoms. The van der Waals surface area contributed by atoms with Gasteiger partial charge in [0.1, 0.15) is 52.7 Å². The fourth-order valence-electron chi connectivity index (χ4n) is 5.18. The summed E-state index contributed by atoms with van der Waals surface area (Å²) in [5.41, 5.74) is 14.7. The molecule has 2 aliphatic heterocycles. The van der Waals surface area contributed by atoms with Crippen molar-refractivity contribution in [2.45, 2.75) is 61.9 Å². The lowest BCUT2D eigenvalue weighted by Gasteiger charge is -2.27. The van der Waals surface area contributed by atoms with Gasteiger partial charge in [-0.15, -0.1) is 0 Å². The maximum atomic E-state index is 10.5. The van der Waals surface area contributed by atoms with Crippen LogP contribution in [0.15, 0.2) is 30.7 Å². The molecule has 2 aliphatic rings. The zero-order valence-electron chi connectivity index (χ0n) is 22.2. The highest BCUT2D eigenvalue weighted by molar-refractivity contribution is 5.87. The van der Waals surface area contributed by atoms with Crippen molar-refractivity contribution in [2.24, 2.45) is 0 Å². The molecule has 4 aromatic heterocycles. The first-order chi connectivity index (χ1) is 19.3. The molecule has 8 atom stereocenters. The van der Waals surface area contributed by atoms with E-state index in [9.17, 15) is 30.6 Å². The van der Waals surface area contributed by atoms with Crippen molar-refractivity contribution in [3.63, 3.8) is 0 Å². The number of aliphatic hydroxyl groups excluding tert-OH is 4. The molecule has 0 radical (unpaired) electrons. The smallest absolute Gasteiger partial charge is 0.223 e. The zero-order chi connectivity index (χ0) is 29.9. The number of aliphatic hydroxyl groups is 6. The predicted molar refractivity (Wildman–Crippen MR) is 144 cm³/mol. The molecule has 0 unspecified atom stereocenters. The minimum Gasteiger partial charge on any atom is -0.394 e. The fraction of sp³-hybridized carbons (Fsp3) is 0.500. The van der Waals surface area contributed by atoms with Gasteiger partial charge in [0.25, 0.3) is 0 Å². The van der Waals surface area contributed by atoms with E-state index in [0.29, 0.717) is 16.7 Å². The number of hydrogen-bond acceptors (Lipinski definition) is 15. The van der Waals surface area contributed by atoms with Gasteiger partial charge in [-0.25, -0.2) is 4.98 Å². The quantitative estimate of drug-likeness (QED) is 0.123. The first-order valence-electron chi connectivity index (χ1n) is 12.6. The number of ether oxygens (including phenoxy) is 2. The summed E-state index contributed by atoms with van der Waals surface area (Å²) in [6, 6.07) is 3.43. The second-order valence-electron chi connectivity index (χ2n) is 10.4. The molecule has 6 heterocycles. The van der Waals surface area contributed by atoms with E-state index in [2.05, 4.69) is 19.9 Å². The number of rotatable bonds is 4. The molecule has 17 nitrogen and oxygen atoms in total. The number of fused-ring (bicyclic) bond motifs is 2. The summed E-state index contributed by atoms with van der Waals surface area (Å²) in [5, 5.41) is 60.7. The highest BCUT2D eigenvalue weighted by atomic mass is 16.6. The Kier molecular flexibility index (Phi) is 7.24. The van der Waals surface area contributed by atoms with Crippen molar-refractivity contribution >= 4 is 39.8 Å². The molecule has 2 fully saturated rings. The third-order valence-corrected chi connectivity index (χ3v) is 7.47. The van der Waals surface area contributed by atoms with Crippen LogP contribution >= 0.6 is 0 Å². The third-order valence-electron chi connectivity index (χ3n) is 7.47. The van der Waals surface area contributed by atoms with Gasteiger partial charge in [0, 0.05) is 24.0 Å². The van der Waals surface area contributed by atoms with Crippen LogP contribution < -0.4 is 17.2 Å². The van der Waals surface area contributed by atoms with Gasteiger partial charge in [-0.1, -0.05) is 0 Å². The number of nitrogens with zero attached hydrogens (tertiary/aromatic N) is 6. The first kappa shape index (κ1) is 28.8. The van der Waals surface area contributed by atoms with E-state index in [0.717, 1.165) is 5.39 Å². The molecule has 0 amide bonds. The topological polar surface area (TPSA) is 279 Å². The molecule has 0 aromatic carbocycles. The van der Waals surface area contributed by atoms with Crippen molar-refractivity contribution in [3.05, 3.63) is 30.7 Å². The molecule has 17 heteroatoms. The molecule has 12 N–H and O–H groups in total. The molecule has 2 saturated heterocycles. The number of hydrogen-bond donors (Lipinski definition) is 9. The van der Waals surface area contributed by atoms with Gasteiger partial charge in [-0.3, -0.25) is 0 Å². The van der Waals surface area contributed by atoms with E-state index in [1.807, 2.05) is 0 Å². The number of anilines is 3. The average Bonchev–Trinajstić information content (AvgIpc) is 3.63. The average molecular weight is 576 g/mol. The maximum Gasteiger partial charge on any atom is 0.223 e. The summed E-state index contributed by atoms with van der Waals surface area (Å²) in [5.74, 6) is 0.319. The lowest BCUT2D eigenvalue weighted by molar-refractivity contribution is -0.0948. The lowest BCUT2D eigenvalue weighted by Crippen LogP contribution is -2.44. The second kappa shape index (κ2) is 10.3. The molecular weight excluding hydrogens is 542 g/mol. The zero-order valence-corrected chi connectivity index (χ0v) is 22.2. The SMILES string of the molecule is C[C@@]1(O)[C@H](O)[C@@H](CO)O[C@H]1n1ccc2c(N)nc(N)nc21.C[C@@]1(O)[C@H](O)[C@@H](CO)O[C@H]1n1ccc2cnc(N)nc21. The van der Waals surface area contributed by atoms with Crippen LogP contribution in [0.3, 0.4) is 0 Å². The Morgan fingerprint density at radius 1 is 0.805 bits per heavy atom. The van der Waals surface area contributed by atoms with Crippen molar-refractivity contribution in [2.75, 3.05) is 30.4 Å². The van der Waals surface area contributed by atoms with Crippen LogP contribution in [0.1, 0.15) is 26.3 Å². The van der Waals surface area contributed by atoms with Crippen LogP contribution in [0.5, 0.6) is 0 Å². The van der Waals surface area contributed by atoms with Crippen LogP contribution in [-0.2, 0) is 9.47 Å². The molecule has 0 aliphatic carbocycles. The van der Waals surface area contributed by atoms with Gasteiger partial charge < -0.3 is 66.4 Å². The van der Waals surface area contributed by atoms with Crippen molar-refractivity contribution in [3.8, 4) is 0 Å². The van der Waals surface area contributed by atoms with E-state index >= 15 is 0 Å². The Hall–Kier alpha value is -3.68. The highest BCUT2D eigenvalue weighted by Crippen LogP contribution is 2.41. The van der Waals surface area contributed by atoms with E-state index in [1.54, 1.807) is 35.3 Å². The molecule has 0 bridgehead atoms. The van der Waals surface area contributed by atoms with Gasteiger partial charge in [0.15, 0.2) is 12.5 Å². The summed E-state index contributed by atoms with van der Waals surface area (Å²) in [7, 11) is 0. The van der Waals surface area contributed by atoms with Gasteiger partial charge in [0.2, 0.25) is 11.9 Å². The standard InChI is InChI=1S/C12H17N5O4.C12H16N4O4/c1-12(20)7(19)6(4-18)21-10(12)17-3-2-5-8(13)15-11(14)16-9(5)17;1-12(19)8(18)7(5-17)20-10(12)16-3-2-6-4-14-11(13)15-9(6)16/h2-3,6-7,10,18-20H,4H2,1H3,(H4,13,14,15,16);2-4,7-8,10,17-19H,5H2,1H3,(H2,13,14,15)/t6-,7-,10-,12-;7-,8-,10-,12-/m11/s1. The first-order valence-corrected chi connectivity index (χ1v) is 12.6. The van der Waals surface area contributed by atoms with Gasteiger partial charge >= 0.3 is 0 Å². The fourth-order valence-corrected chi connectivity index (χ4v) is 5.18. The third kappa shape index (κ3) is 4.71. The van der Waals surface area contributed by atoms with Gasteiger partial charge in [0.05, 0.1) is 18.6 Å². The minimum absolute atomic E-state index is 0.00292. The van der Waals surface area contributed by atoms with Crippen molar-refractivity contribution < 1.29 is 40.1 Å². The van der Waals surface area contributed by atoms with E-state index in [4.69, 9.17) is 26.7 Å². The molecule has 0 saturated carbocycles. The van der Waals surface area contributed by atoms with Crippen LogP contribution in [0.2, 0.25) is 0 Å². The summed E-state index contributed by atoms with van der Waals surface area (Å²) in [6.07, 6.45) is -1.14. The molecule has 4 aromatic rings. The summed E-state index contributed by atoms with van der Waals surface area (Å²) >= 11 is 0. The van der Waals surface area contributed by atoms with Crippen molar-refractivity contribution in [1.82, 2.24) is 29.1 Å². The monoisotopic (exact) mass is 575 g/mol. The van der Waals surface area contributed by atoms with Gasteiger partial charge in [-0.05, 0) is 26.0 Å². The number of nitrogens with two attached hydrogens (primary N) is 3. The predicted octanol–water partition coefficient (Wildman–Crippen LogP) is -2.39. The number of aromatic nitrogens is 6. The summed E-state index contributed by atoms with van der Waals surface area (Å²) in [6.45, 7) is 2.09. The van der Waals surface area contributed by atoms with Crippen LogP contribution in [0, 0.1) is 0 Å². The van der Waals surface area contributed by atoms with Crippen molar-refractivity contribution in [1.29, 1.82) is 0 Å². The Labute approximate surface area is 232 Å². The normalized spacial score (nSPS) is 33.4. The maximum absolute atomic E-state index is 10.5. The molecular formula is C24H33N9O8. The van der Waals surface area contributed by atoms with Gasteiger partial charge in [-0.2, -0.15) is 15.0 Å². The van der Waals surface area contributed by atoms with E-state index in [-0.39, 0.29) is 24.3 Å². The summed E-state index contributed by atoms with van der Waals surface area (Å²) in [4.78, 5) is 16.0. The molecule has 0 spiro atoms. The Morgan fingerprint density at radius 3 is 1.85 bits per heavy atom. The lowest BCUT2D eigenvalue weighted by atomic mass is 9.96. The molecule has 222 valence electrons. The molecule has 6 rings (SSSR count). The number of nitrogen functional groups attached to an aromatic ring is 3. The Morgan fingerprint density at radius 2 is 1.32 bits per heavy atom. The van der Waals surface area contributed by atoms with E-state index in [1.165, 1.54) is 18.4 Å².